The van der Waals surface area contributed by atoms with Crippen molar-refractivity contribution in [2.24, 2.45) is 0 Å². The monoisotopic (exact) mass is 596 g/mol. The zero-order chi connectivity index (χ0) is 28.7. The number of anilines is 4. The maximum atomic E-state index is 12.9. The molecule has 1 saturated carbocycles. The van der Waals surface area contributed by atoms with E-state index in [0.717, 1.165) is 70.6 Å². The Kier molecular flexibility index (Phi) is 7.94. The van der Waals surface area contributed by atoms with Crippen molar-refractivity contribution in [2.75, 3.05) is 48.3 Å². The largest absolute Gasteiger partial charge is 0.377 e. The van der Waals surface area contributed by atoms with Crippen molar-refractivity contribution in [1.82, 2.24) is 14.8 Å². The smallest absolute Gasteiger partial charge is 0.253 e. The molecule has 216 valence electrons. The molecule has 1 aliphatic carbocycles. The molecular formula is C30H34Cl2N6O3. The fourth-order valence-electron chi connectivity index (χ4n) is 6.04. The van der Waals surface area contributed by atoms with Gasteiger partial charge in [0.25, 0.3) is 16.8 Å². The second-order valence-corrected chi connectivity index (χ2v) is 12.1. The number of hydrogen-bond donors (Lipinski definition) is 2. The van der Waals surface area contributed by atoms with Gasteiger partial charge >= 0.3 is 0 Å². The van der Waals surface area contributed by atoms with E-state index in [1.54, 1.807) is 36.5 Å². The van der Waals surface area contributed by atoms with Crippen LogP contribution in [0.15, 0.2) is 46.1 Å². The lowest BCUT2D eigenvalue weighted by Crippen LogP contribution is -2.58. The summed E-state index contributed by atoms with van der Waals surface area (Å²) in [5, 5.41) is 7.31. The first kappa shape index (κ1) is 28.0. The van der Waals surface area contributed by atoms with E-state index < -0.39 is 10.9 Å². The zero-order valence-corrected chi connectivity index (χ0v) is 24.5. The molecule has 2 aromatic carbocycles. The third kappa shape index (κ3) is 5.80. The van der Waals surface area contributed by atoms with Crippen LogP contribution < -0.4 is 26.4 Å². The van der Waals surface area contributed by atoms with Gasteiger partial charge in [0.2, 0.25) is 0 Å². The number of piperazine rings is 1. The Bertz CT molecular complexity index is 1490. The fourth-order valence-corrected chi connectivity index (χ4v) is 6.45. The summed E-state index contributed by atoms with van der Waals surface area (Å²) in [6, 6.07) is 9.93. The predicted molar refractivity (Wildman–Crippen MR) is 164 cm³/mol. The van der Waals surface area contributed by atoms with Crippen molar-refractivity contribution in [2.45, 2.75) is 57.2 Å². The molecule has 0 unspecified atom stereocenters. The van der Waals surface area contributed by atoms with Crippen LogP contribution in [0.2, 0.25) is 10.0 Å². The third-order valence-corrected chi connectivity index (χ3v) is 9.07. The number of nitrogens with zero attached hydrogens (tertiary/aromatic N) is 4. The summed E-state index contributed by atoms with van der Waals surface area (Å²) >= 11 is 12.7. The predicted octanol–water partition coefficient (Wildman–Crippen LogP) is 4.51. The summed E-state index contributed by atoms with van der Waals surface area (Å²) in [5.41, 5.74) is 0.911. The maximum absolute atomic E-state index is 12.9. The Labute approximate surface area is 249 Å². The molecule has 6 rings (SSSR count). The molecule has 3 heterocycles. The summed E-state index contributed by atoms with van der Waals surface area (Å²) in [7, 11) is 0. The summed E-state index contributed by atoms with van der Waals surface area (Å²) in [6.45, 7) is 6.20. The van der Waals surface area contributed by atoms with E-state index in [4.69, 9.17) is 23.2 Å². The summed E-state index contributed by atoms with van der Waals surface area (Å²) in [5.74, 6) is 0.788. The van der Waals surface area contributed by atoms with Gasteiger partial charge < -0.3 is 20.4 Å². The highest BCUT2D eigenvalue weighted by Crippen LogP contribution is 2.33. The highest BCUT2D eigenvalue weighted by Gasteiger charge is 2.35. The first-order chi connectivity index (χ1) is 19.8. The number of likely N-dealkylation sites (tertiary alicyclic amines) is 1. The molecule has 2 N–H and O–H groups in total. The molecule has 2 aliphatic heterocycles. The highest BCUT2D eigenvalue weighted by atomic mass is 35.5. The molecule has 2 saturated heterocycles. The van der Waals surface area contributed by atoms with Crippen LogP contribution in [0.4, 0.5) is 22.9 Å². The summed E-state index contributed by atoms with van der Waals surface area (Å²) in [6.07, 6.45) is 6.58. The van der Waals surface area contributed by atoms with Crippen LogP contribution in [0.5, 0.6) is 0 Å². The van der Waals surface area contributed by atoms with Crippen molar-refractivity contribution < 1.29 is 4.79 Å². The van der Waals surface area contributed by atoms with Gasteiger partial charge in [-0.1, -0.05) is 30.1 Å². The number of rotatable bonds is 8. The van der Waals surface area contributed by atoms with Gasteiger partial charge in [-0.2, -0.15) is 0 Å². The van der Waals surface area contributed by atoms with Crippen molar-refractivity contribution in [1.29, 1.82) is 0 Å². The second-order valence-electron chi connectivity index (χ2n) is 11.3. The van der Waals surface area contributed by atoms with Gasteiger partial charge in [0.05, 0.1) is 16.9 Å². The zero-order valence-electron chi connectivity index (χ0n) is 23.0. The number of carbonyl (C=O) groups excluding carboxylic acids is 1. The van der Waals surface area contributed by atoms with Crippen LogP contribution in [-0.2, 0) is 0 Å². The number of benzene rings is 1. The highest BCUT2D eigenvalue weighted by molar-refractivity contribution is 6.33. The van der Waals surface area contributed by atoms with Gasteiger partial charge in [-0.15, -0.1) is 0 Å². The van der Waals surface area contributed by atoms with Gasteiger partial charge in [0.15, 0.2) is 0 Å². The van der Waals surface area contributed by atoms with Gasteiger partial charge in [0.1, 0.15) is 17.2 Å². The van der Waals surface area contributed by atoms with Crippen molar-refractivity contribution in [3.8, 4) is 0 Å². The van der Waals surface area contributed by atoms with Crippen LogP contribution in [0.25, 0.3) is 0 Å². The number of carbonyl (C=O) groups is 1. The Morgan fingerprint density at radius 3 is 2.34 bits per heavy atom. The molecule has 3 fully saturated rings. The van der Waals surface area contributed by atoms with Crippen molar-refractivity contribution >= 4 is 52.0 Å². The molecule has 11 heteroatoms. The molecule has 1 atom stereocenters. The molecule has 1 aromatic heterocycles. The lowest BCUT2D eigenvalue weighted by atomic mass is 9.97. The van der Waals surface area contributed by atoms with E-state index in [0.29, 0.717) is 39.1 Å². The average Bonchev–Trinajstić information content (AvgIpc) is 3.83. The van der Waals surface area contributed by atoms with Crippen molar-refractivity contribution in [3.05, 3.63) is 72.6 Å². The number of pyridine rings is 1. The first-order valence-electron chi connectivity index (χ1n) is 14.4. The van der Waals surface area contributed by atoms with E-state index in [1.165, 1.54) is 0 Å². The topological polar surface area (TPSA) is 97.9 Å². The molecule has 3 aliphatic rings. The number of piperidine rings is 1. The molecular weight excluding hydrogens is 563 g/mol. The van der Waals surface area contributed by atoms with E-state index in [1.807, 2.05) is 4.90 Å². The lowest BCUT2D eigenvalue weighted by Gasteiger charge is -2.47. The van der Waals surface area contributed by atoms with Gasteiger partial charge in [-0.3, -0.25) is 19.3 Å². The molecule has 0 spiro atoms. The minimum atomic E-state index is -0.518. The molecule has 9 nitrogen and oxygen atoms in total. The first-order valence-corrected chi connectivity index (χ1v) is 15.2. The number of halogens is 2. The Morgan fingerprint density at radius 1 is 0.976 bits per heavy atom. The Hall–Kier alpha value is -3.14. The number of aromatic nitrogens is 1. The lowest BCUT2D eigenvalue weighted by molar-refractivity contribution is 0.0491. The van der Waals surface area contributed by atoms with Crippen LogP contribution in [-0.4, -0.2) is 71.5 Å². The summed E-state index contributed by atoms with van der Waals surface area (Å²) < 4.78 is 0. The maximum Gasteiger partial charge on any atom is 0.253 e. The van der Waals surface area contributed by atoms with Crippen LogP contribution >= 0.6 is 23.2 Å². The van der Waals surface area contributed by atoms with Crippen LogP contribution in [0.1, 0.15) is 49.4 Å². The minimum absolute atomic E-state index is 0.0654. The van der Waals surface area contributed by atoms with E-state index >= 15 is 0 Å². The van der Waals surface area contributed by atoms with Crippen LogP contribution in [0.3, 0.4) is 0 Å². The number of hydrogen-bond acceptors (Lipinski definition) is 8. The van der Waals surface area contributed by atoms with Crippen LogP contribution in [0, 0.1) is 0 Å². The van der Waals surface area contributed by atoms with E-state index in [-0.39, 0.29) is 17.6 Å². The molecule has 0 bridgehead atoms. The van der Waals surface area contributed by atoms with E-state index in [2.05, 4.69) is 32.3 Å². The number of nitrogens with one attached hydrogen (secondary N) is 2. The molecule has 0 radical (unpaired) electrons. The third-order valence-electron chi connectivity index (χ3n) is 8.54. The van der Waals surface area contributed by atoms with Crippen molar-refractivity contribution in [3.63, 3.8) is 0 Å². The Balaban J connectivity index is 1.06. The fraction of sp³-hybridized carbons (Fsp3) is 0.467. The van der Waals surface area contributed by atoms with Gasteiger partial charge in [0, 0.05) is 61.4 Å². The number of amides is 1. The molecule has 41 heavy (non-hydrogen) atoms. The molecule has 3 aromatic rings. The van der Waals surface area contributed by atoms with Gasteiger partial charge in [-0.25, -0.2) is 4.98 Å². The Morgan fingerprint density at radius 2 is 1.68 bits per heavy atom. The SMILES string of the molecule is CC[C@H]1CN(c2ncc(Nc3c(NC4CC4)c(=O)c3=O)cc2Cl)CCN1C1CCN(C(=O)c2ccc(Cl)cc2)CC1. The van der Waals surface area contributed by atoms with Gasteiger partial charge in [-0.05, 0) is 62.4 Å². The standard InChI is InChI=1S/C30H34Cl2N6O3/c1-2-22-17-37(13-14-38(22)23-9-11-36(12-10-23)30(41)18-3-5-19(31)6-4-18)29-24(32)15-21(16-33-29)35-26-25(27(39)28(26)40)34-20-7-8-20/h3-6,15-16,20,22-23,34-35H,2,7-14,17H2,1H3/t22-/m0/s1. The quantitative estimate of drug-likeness (QED) is 0.367. The molecule has 1 amide bonds. The summed E-state index contributed by atoms with van der Waals surface area (Å²) in [4.78, 5) is 48.5. The van der Waals surface area contributed by atoms with E-state index in [9.17, 15) is 14.4 Å². The normalized spacial score (nSPS) is 20.4. The average molecular weight is 598 g/mol. The minimum Gasteiger partial charge on any atom is -0.377 e. The second kappa shape index (κ2) is 11.6.